The number of phosphoric acid groups is 1. The molecule has 0 spiro atoms. The Kier molecular flexibility index (Phi) is 10.8. The number of hydrogen-bond donors (Lipinski definition) is 2. The van der Waals surface area contributed by atoms with Gasteiger partial charge in [-0.1, -0.05) is 0 Å². The fourth-order valence-corrected chi connectivity index (χ4v) is 0.799. The summed E-state index contributed by atoms with van der Waals surface area (Å²) in [6.07, 6.45) is 0.434. The van der Waals surface area contributed by atoms with E-state index in [0.717, 1.165) is 0 Å². The van der Waals surface area contributed by atoms with E-state index in [2.05, 4.69) is 4.52 Å². The second kappa shape index (κ2) is 8.05. The number of hydrogen-bond acceptors (Lipinski definition) is 3. The Bertz CT molecular complexity index is 152. The molecule has 5 nitrogen and oxygen atoms in total. The van der Waals surface area contributed by atoms with Crippen LogP contribution in [0.3, 0.4) is 0 Å². The molecule has 0 radical (unpaired) electrons. The number of ether oxygens (including phenoxy) is 1. The zero-order chi connectivity index (χ0) is 8.91. The van der Waals surface area contributed by atoms with Crippen molar-refractivity contribution in [2.24, 2.45) is 0 Å². The Morgan fingerprint density at radius 1 is 1.58 bits per heavy atom. The van der Waals surface area contributed by atoms with Gasteiger partial charge in [0.25, 0.3) is 0 Å². The summed E-state index contributed by atoms with van der Waals surface area (Å²) in [5.41, 5.74) is 0. The van der Waals surface area contributed by atoms with Crippen LogP contribution >= 0.6 is 7.82 Å². The first-order valence-corrected chi connectivity index (χ1v) is 4.71. The summed E-state index contributed by atoms with van der Waals surface area (Å²) in [7, 11) is -2.76. The van der Waals surface area contributed by atoms with Crippen LogP contribution in [-0.2, 0) is 13.8 Å². The van der Waals surface area contributed by atoms with Gasteiger partial charge in [-0.25, -0.2) is 4.57 Å². The van der Waals surface area contributed by atoms with Gasteiger partial charge >= 0.3 is 59.2 Å². The van der Waals surface area contributed by atoms with Crippen molar-refractivity contribution in [3.8, 4) is 0 Å². The van der Waals surface area contributed by atoms with Gasteiger partial charge in [-0.15, -0.1) is 0 Å². The first-order valence-electron chi connectivity index (χ1n) is 3.18. The van der Waals surface area contributed by atoms with E-state index in [9.17, 15) is 4.57 Å². The summed E-state index contributed by atoms with van der Waals surface area (Å²) in [5, 5.41) is 0. The molecule has 0 aliphatic rings. The van der Waals surface area contributed by atoms with E-state index < -0.39 is 7.82 Å². The maximum atomic E-state index is 10.1. The van der Waals surface area contributed by atoms with E-state index in [1.54, 1.807) is 6.92 Å². The van der Waals surface area contributed by atoms with Gasteiger partial charge in [0.15, 0.2) is 0 Å². The summed E-state index contributed by atoms with van der Waals surface area (Å²) < 4.78 is 19.2. The van der Waals surface area contributed by atoms with Crippen LogP contribution < -0.4 is 51.4 Å². The molecule has 0 aromatic heterocycles. The van der Waals surface area contributed by atoms with Crippen molar-refractivity contribution in [2.45, 2.75) is 19.4 Å². The minimum Gasteiger partial charge on any atom is -1.00 e. The Labute approximate surface area is 116 Å². The van der Waals surface area contributed by atoms with Gasteiger partial charge in [-0.3, -0.25) is 4.52 Å². The molecule has 0 saturated heterocycles. The molecule has 2 N–H and O–H groups in total. The third-order valence-electron chi connectivity index (χ3n) is 1.19. The van der Waals surface area contributed by atoms with Crippen LogP contribution in [0.2, 0.25) is 0 Å². The second-order valence-electron chi connectivity index (χ2n) is 2.16. The van der Waals surface area contributed by atoms with Crippen molar-refractivity contribution in [3.63, 3.8) is 0 Å². The van der Waals surface area contributed by atoms with E-state index in [1.165, 1.54) is 7.11 Å². The molecule has 0 fully saturated rings. The van der Waals surface area contributed by atoms with Gasteiger partial charge in [-0.05, 0) is 13.3 Å². The fraction of sp³-hybridized carbons (Fsp3) is 1.00. The summed E-state index contributed by atoms with van der Waals surface area (Å²) >= 11 is 0. The van der Waals surface area contributed by atoms with Crippen LogP contribution in [0.25, 0.3) is 0 Å². The molecular formula is C5H14KO5P. The molecular weight excluding hydrogens is 210 g/mol. The van der Waals surface area contributed by atoms with Crippen LogP contribution in [0.5, 0.6) is 0 Å². The first kappa shape index (κ1) is 16.1. The maximum absolute atomic E-state index is 10.1. The van der Waals surface area contributed by atoms with E-state index in [-0.39, 0.29) is 65.5 Å². The number of methoxy groups -OCH3 is 1. The first-order chi connectivity index (χ1) is 4.95. The molecule has 0 bridgehead atoms. The van der Waals surface area contributed by atoms with Crippen molar-refractivity contribution in [1.29, 1.82) is 0 Å². The second-order valence-corrected chi connectivity index (χ2v) is 3.40. The molecule has 1 atom stereocenters. The van der Waals surface area contributed by atoms with Gasteiger partial charge in [0.05, 0.1) is 12.7 Å². The predicted octanol–water partition coefficient (Wildman–Crippen LogP) is -2.36. The topological polar surface area (TPSA) is 76.0 Å². The molecule has 0 aliphatic heterocycles. The van der Waals surface area contributed by atoms with Crippen molar-refractivity contribution in [3.05, 3.63) is 0 Å². The molecule has 0 aromatic carbocycles. The van der Waals surface area contributed by atoms with Gasteiger partial charge in [0.2, 0.25) is 0 Å². The van der Waals surface area contributed by atoms with Crippen molar-refractivity contribution in [2.75, 3.05) is 13.7 Å². The minimum absolute atomic E-state index is 0. The van der Waals surface area contributed by atoms with Crippen LogP contribution in [0.1, 0.15) is 14.8 Å². The fourth-order valence-electron chi connectivity index (χ4n) is 0.455. The van der Waals surface area contributed by atoms with Crippen LogP contribution in [0, 0.1) is 0 Å². The molecule has 0 aliphatic carbocycles. The average molecular weight is 224 g/mol. The summed E-state index contributed by atoms with van der Waals surface area (Å²) in [4.78, 5) is 16.5. The SMILES string of the molecule is COC(C)CCOP(=O)(O)O.[H-].[K+]. The van der Waals surface area contributed by atoms with Crippen LogP contribution in [-0.4, -0.2) is 29.6 Å². The minimum atomic E-state index is -4.29. The molecule has 12 heavy (non-hydrogen) atoms. The van der Waals surface area contributed by atoms with Gasteiger partial charge < -0.3 is 16.0 Å². The normalized spacial score (nSPS) is 13.7. The molecule has 1 unspecified atom stereocenters. The molecule has 70 valence electrons. The summed E-state index contributed by atoms with van der Waals surface area (Å²) in [5.74, 6) is 0. The molecule has 0 amide bonds. The Balaban J connectivity index is -0.000000500. The number of rotatable bonds is 5. The molecule has 0 rings (SSSR count). The number of phosphoric ester groups is 1. The van der Waals surface area contributed by atoms with Crippen molar-refractivity contribution in [1.82, 2.24) is 0 Å². The molecule has 0 saturated carbocycles. The molecule has 7 heteroatoms. The quantitative estimate of drug-likeness (QED) is 0.403. The Hall–Kier alpha value is 1.71. The maximum Gasteiger partial charge on any atom is 1.00 e. The Morgan fingerprint density at radius 3 is 2.42 bits per heavy atom. The van der Waals surface area contributed by atoms with E-state index in [0.29, 0.717) is 6.42 Å². The van der Waals surface area contributed by atoms with Crippen molar-refractivity contribution < 1.29 is 76.4 Å². The van der Waals surface area contributed by atoms with E-state index in [4.69, 9.17) is 14.5 Å². The van der Waals surface area contributed by atoms with Crippen LogP contribution in [0.4, 0.5) is 0 Å². The smallest absolute Gasteiger partial charge is 1.00 e. The van der Waals surface area contributed by atoms with Gasteiger partial charge in [-0.2, -0.15) is 0 Å². The average Bonchev–Trinajstić information content (AvgIpc) is 1.85. The monoisotopic (exact) mass is 224 g/mol. The van der Waals surface area contributed by atoms with E-state index >= 15 is 0 Å². The predicted molar refractivity (Wildman–Crippen MR) is 40.2 cm³/mol. The third-order valence-corrected chi connectivity index (χ3v) is 1.71. The largest absolute Gasteiger partial charge is 1.00 e. The molecule has 0 heterocycles. The van der Waals surface area contributed by atoms with Gasteiger partial charge in [0, 0.05) is 7.11 Å². The zero-order valence-corrected chi connectivity index (χ0v) is 11.6. The standard InChI is InChI=1S/C5H13O5P.K.H/c1-5(9-2)3-4-10-11(6,7)8;;/h5H,3-4H2,1-2H3,(H2,6,7,8);;/q;+1;-1. The third kappa shape index (κ3) is 11.7. The van der Waals surface area contributed by atoms with Crippen LogP contribution in [0.15, 0.2) is 0 Å². The van der Waals surface area contributed by atoms with Gasteiger partial charge in [0.1, 0.15) is 0 Å². The molecule has 0 aromatic rings. The summed E-state index contributed by atoms with van der Waals surface area (Å²) in [6, 6.07) is 0. The summed E-state index contributed by atoms with van der Waals surface area (Å²) in [6.45, 7) is 1.81. The zero-order valence-electron chi connectivity index (χ0n) is 8.56. The van der Waals surface area contributed by atoms with Crippen molar-refractivity contribution >= 4 is 7.82 Å². The Morgan fingerprint density at radius 2 is 2.08 bits per heavy atom. The van der Waals surface area contributed by atoms with E-state index in [1.807, 2.05) is 0 Å².